The van der Waals surface area contributed by atoms with Gasteiger partial charge < -0.3 is 20.9 Å². The maximum atomic E-state index is 13.0. The number of aromatic hydroxyl groups is 1. The van der Waals surface area contributed by atoms with E-state index in [0.717, 1.165) is 42.2 Å². The smallest absolute Gasteiger partial charge is 0.206 e. The number of nitrogens with one attached hydrogen (secondary N) is 1. The van der Waals surface area contributed by atoms with E-state index >= 15 is 0 Å². The molecule has 4 rings (SSSR count). The highest BCUT2D eigenvalue weighted by atomic mass is 32.1. The molecule has 1 aromatic heterocycles. The van der Waals surface area contributed by atoms with Gasteiger partial charge in [-0.2, -0.15) is 0 Å². The van der Waals surface area contributed by atoms with Gasteiger partial charge in [0.2, 0.25) is 5.78 Å². The van der Waals surface area contributed by atoms with Crippen LogP contribution < -0.4 is 15.8 Å². The van der Waals surface area contributed by atoms with Crippen LogP contribution in [0, 0.1) is 5.92 Å². The number of ketones is 1. The van der Waals surface area contributed by atoms with Crippen molar-refractivity contribution in [1.29, 1.82) is 0 Å². The van der Waals surface area contributed by atoms with Crippen molar-refractivity contribution in [3.05, 3.63) is 58.5 Å². The van der Waals surface area contributed by atoms with E-state index < -0.39 is 0 Å². The lowest BCUT2D eigenvalue weighted by molar-refractivity contribution is 0.104. The van der Waals surface area contributed by atoms with Crippen molar-refractivity contribution >= 4 is 33.8 Å². The summed E-state index contributed by atoms with van der Waals surface area (Å²) in [5.74, 6) is 1.86. The van der Waals surface area contributed by atoms with Crippen molar-refractivity contribution in [3.8, 4) is 11.5 Å². The fraction of sp³-hybridized carbons (Fsp3) is 0.385. The summed E-state index contributed by atoms with van der Waals surface area (Å²) in [7, 11) is 0. The van der Waals surface area contributed by atoms with Gasteiger partial charge in [-0.05, 0) is 79.6 Å². The number of nitrogens with two attached hydrogens (primary N) is 1. The Hall–Kier alpha value is -3.06. The molecule has 1 heterocycles. The van der Waals surface area contributed by atoms with Crippen molar-refractivity contribution in [2.75, 3.05) is 11.1 Å². The second-order valence-electron chi connectivity index (χ2n) is 8.63. The van der Waals surface area contributed by atoms with Crippen LogP contribution in [0.25, 0.3) is 0 Å². The number of hydrogen-bond donors (Lipinski definition) is 3. The molecule has 2 atom stereocenters. The molecule has 0 bridgehead atoms. The predicted molar refractivity (Wildman–Crippen MR) is 134 cm³/mol. The zero-order valence-corrected chi connectivity index (χ0v) is 20.0. The van der Waals surface area contributed by atoms with Crippen LogP contribution in [0.2, 0.25) is 0 Å². The Morgan fingerprint density at radius 2 is 2.00 bits per heavy atom. The van der Waals surface area contributed by atoms with E-state index in [2.05, 4.69) is 17.2 Å². The molecule has 0 spiro atoms. The average Bonchev–Trinajstić information content (AvgIpc) is 3.42. The zero-order valence-electron chi connectivity index (χ0n) is 19.1. The normalized spacial score (nSPS) is 17.8. The Bertz CT molecular complexity index is 1110. The SMILES string of the molecule is CCCc1cc(C(=O)c2sc(Nc3ccc(OC4CCC(CC)C4)cc3)nc2N)ccc1O. The number of nitrogen functional groups attached to an aromatic ring is 1. The van der Waals surface area contributed by atoms with Crippen molar-refractivity contribution in [2.45, 2.75) is 58.5 Å². The minimum atomic E-state index is -0.193. The number of phenols is 1. The molecule has 1 saturated carbocycles. The first-order chi connectivity index (χ1) is 16.0. The van der Waals surface area contributed by atoms with Crippen LogP contribution in [-0.2, 0) is 6.42 Å². The number of carbonyl (C=O) groups is 1. The van der Waals surface area contributed by atoms with Crippen molar-refractivity contribution < 1.29 is 14.6 Å². The molecule has 0 amide bonds. The molecular weight excluding hydrogens is 434 g/mol. The molecule has 0 aliphatic heterocycles. The predicted octanol–water partition coefficient (Wildman–Crippen LogP) is 6.32. The summed E-state index contributed by atoms with van der Waals surface area (Å²) in [6.45, 7) is 4.27. The van der Waals surface area contributed by atoms with Gasteiger partial charge in [-0.3, -0.25) is 4.79 Å². The summed E-state index contributed by atoms with van der Waals surface area (Å²) in [6, 6.07) is 12.7. The number of thiazole rings is 1. The third-order valence-electron chi connectivity index (χ3n) is 6.20. The number of benzene rings is 2. The number of phenolic OH excluding ortho intramolecular Hbond substituents is 1. The molecule has 4 N–H and O–H groups in total. The van der Waals surface area contributed by atoms with Gasteiger partial charge >= 0.3 is 0 Å². The Labute approximate surface area is 198 Å². The lowest BCUT2D eigenvalue weighted by atomic mass is 10.0. The topological polar surface area (TPSA) is 97.5 Å². The molecule has 2 unspecified atom stereocenters. The third kappa shape index (κ3) is 5.47. The first-order valence-electron chi connectivity index (χ1n) is 11.6. The second-order valence-corrected chi connectivity index (χ2v) is 9.63. The number of anilines is 3. The maximum absolute atomic E-state index is 13.0. The van der Waals surface area contributed by atoms with Gasteiger partial charge in [0, 0.05) is 11.3 Å². The highest BCUT2D eigenvalue weighted by molar-refractivity contribution is 7.18. The minimum absolute atomic E-state index is 0.193. The molecule has 1 aliphatic rings. The quantitative estimate of drug-likeness (QED) is 0.320. The van der Waals surface area contributed by atoms with E-state index in [1.807, 2.05) is 31.2 Å². The molecule has 6 nitrogen and oxygen atoms in total. The number of carbonyl (C=O) groups excluding carboxylic acids is 1. The van der Waals surface area contributed by atoms with E-state index in [4.69, 9.17) is 10.5 Å². The Morgan fingerprint density at radius 3 is 2.70 bits per heavy atom. The van der Waals surface area contributed by atoms with Crippen LogP contribution in [0.15, 0.2) is 42.5 Å². The summed E-state index contributed by atoms with van der Waals surface area (Å²) in [6.07, 6.45) is 6.61. The summed E-state index contributed by atoms with van der Waals surface area (Å²) < 4.78 is 6.13. The Kier molecular flexibility index (Phi) is 7.18. The average molecular weight is 466 g/mol. The van der Waals surface area contributed by atoms with Crippen LogP contribution >= 0.6 is 11.3 Å². The molecule has 7 heteroatoms. The van der Waals surface area contributed by atoms with Gasteiger partial charge in [0.25, 0.3) is 0 Å². The maximum Gasteiger partial charge on any atom is 0.206 e. The van der Waals surface area contributed by atoms with Crippen LogP contribution in [0.1, 0.15) is 66.8 Å². The highest BCUT2D eigenvalue weighted by Crippen LogP contribution is 2.33. The zero-order chi connectivity index (χ0) is 23.4. The van der Waals surface area contributed by atoms with Crippen LogP contribution in [-0.4, -0.2) is 22.0 Å². The fourth-order valence-corrected chi connectivity index (χ4v) is 5.18. The molecule has 0 radical (unpaired) electrons. The highest BCUT2D eigenvalue weighted by Gasteiger charge is 2.24. The summed E-state index contributed by atoms with van der Waals surface area (Å²) in [5, 5.41) is 13.8. The van der Waals surface area contributed by atoms with E-state index in [-0.39, 0.29) is 17.4 Å². The largest absolute Gasteiger partial charge is 0.508 e. The van der Waals surface area contributed by atoms with Gasteiger partial charge in [0.15, 0.2) is 5.13 Å². The molecule has 1 fully saturated rings. The van der Waals surface area contributed by atoms with E-state index in [1.54, 1.807) is 18.2 Å². The van der Waals surface area contributed by atoms with Gasteiger partial charge in [-0.25, -0.2) is 4.98 Å². The lowest BCUT2D eigenvalue weighted by Gasteiger charge is -2.14. The van der Waals surface area contributed by atoms with Gasteiger partial charge in [0.05, 0.1) is 6.10 Å². The summed E-state index contributed by atoms with van der Waals surface area (Å²) in [5.41, 5.74) is 8.17. The minimum Gasteiger partial charge on any atom is -0.508 e. The first kappa shape index (κ1) is 23.1. The lowest BCUT2D eigenvalue weighted by Crippen LogP contribution is -2.12. The Balaban J connectivity index is 1.42. The summed E-state index contributed by atoms with van der Waals surface area (Å²) >= 11 is 1.22. The molecule has 174 valence electrons. The van der Waals surface area contributed by atoms with Gasteiger partial charge in [-0.15, -0.1) is 0 Å². The van der Waals surface area contributed by atoms with Crippen molar-refractivity contribution in [3.63, 3.8) is 0 Å². The molecule has 3 aromatic rings. The summed E-state index contributed by atoms with van der Waals surface area (Å²) in [4.78, 5) is 17.7. The van der Waals surface area contributed by atoms with Crippen molar-refractivity contribution in [1.82, 2.24) is 4.98 Å². The van der Waals surface area contributed by atoms with Gasteiger partial charge in [0.1, 0.15) is 22.2 Å². The van der Waals surface area contributed by atoms with Crippen LogP contribution in [0.4, 0.5) is 16.6 Å². The number of nitrogens with zero attached hydrogens (tertiary/aromatic N) is 1. The number of hydrogen-bond acceptors (Lipinski definition) is 7. The van der Waals surface area contributed by atoms with Crippen LogP contribution in [0.5, 0.6) is 11.5 Å². The standard InChI is InChI=1S/C26H31N3O3S/c1-3-5-17-15-18(7-13-22(17)30)23(31)24-25(27)29-26(33-24)28-19-8-11-20(12-9-19)32-21-10-6-16(4-2)14-21/h7-9,11-13,15-16,21,30H,3-6,10,14,27H2,1-2H3,(H,28,29). The third-order valence-corrected chi connectivity index (χ3v) is 7.18. The van der Waals surface area contributed by atoms with E-state index in [1.165, 1.54) is 24.2 Å². The van der Waals surface area contributed by atoms with E-state index in [9.17, 15) is 9.90 Å². The van der Waals surface area contributed by atoms with Crippen LogP contribution in [0.3, 0.4) is 0 Å². The second kappa shape index (κ2) is 10.3. The molecular formula is C26H31N3O3S. The molecule has 1 aliphatic carbocycles. The number of aromatic nitrogens is 1. The molecule has 0 saturated heterocycles. The molecule has 2 aromatic carbocycles. The van der Waals surface area contributed by atoms with Gasteiger partial charge in [-0.1, -0.05) is 38.0 Å². The monoisotopic (exact) mass is 465 g/mol. The number of rotatable bonds is 9. The fourth-order valence-electron chi connectivity index (χ4n) is 4.32. The number of ether oxygens (including phenoxy) is 1. The van der Waals surface area contributed by atoms with Crippen molar-refractivity contribution in [2.24, 2.45) is 5.92 Å². The Morgan fingerprint density at radius 1 is 1.21 bits per heavy atom. The first-order valence-corrected chi connectivity index (χ1v) is 12.4. The number of aryl methyl sites for hydroxylation is 1. The molecule has 33 heavy (non-hydrogen) atoms. The van der Waals surface area contributed by atoms with E-state index in [0.29, 0.717) is 28.1 Å².